The van der Waals surface area contributed by atoms with Gasteiger partial charge in [0.15, 0.2) is 0 Å². The smallest absolute Gasteiger partial charge is 0.341 e. The van der Waals surface area contributed by atoms with Crippen molar-refractivity contribution in [2.45, 2.75) is 19.9 Å². The fourth-order valence-corrected chi connectivity index (χ4v) is 3.11. The maximum absolute atomic E-state index is 11.6. The molecule has 2 atom stereocenters. The van der Waals surface area contributed by atoms with Crippen molar-refractivity contribution in [3.05, 3.63) is 35.9 Å². The van der Waals surface area contributed by atoms with E-state index in [-0.39, 0.29) is 5.97 Å². The van der Waals surface area contributed by atoms with E-state index in [9.17, 15) is 4.79 Å². The number of carbonyl (C=O) groups excluding carboxylic acids is 1. The topological polar surface area (TPSA) is 73.1 Å². The van der Waals surface area contributed by atoms with Gasteiger partial charge in [-0.2, -0.15) is 5.10 Å². The average molecular weight is 313 g/mol. The van der Waals surface area contributed by atoms with Gasteiger partial charge in [-0.25, -0.2) is 14.8 Å². The van der Waals surface area contributed by atoms with Crippen molar-refractivity contribution in [1.82, 2.24) is 19.7 Å². The first-order valence-electron chi connectivity index (χ1n) is 7.98. The zero-order chi connectivity index (χ0) is 15.8. The Hall–Kier alpha value is -2.44. The predicted molar refractivity (Wildman–Crippen MR) is 83.1 cm³/mol. The Kier molecular flexibility index (Phi) is 3.48. The largest absolute Gasteiger partial charge is 0.462 e. The van der Waals surface area contributed by atoms with Crippen LogP contribution >= 0.6 is 0 Å². The number of piperidine rings is 1. The summed E-state index contributed by atoms with van der Waals surface area (Å²) in [5.74, 6) is 2.19. The highest BCUT2D eigenvalue weighted by Gasteiger charge is 2.45. The summed E-state index contributed by atoms with van der Waals surface area (Å²) in [7, 11) is 0. The van der Waals surface area contributed by atoms with Gasteiger partial charge in [0.05, 0.1) is 24.9 Å². The third-order valence-electron chi connectivity index (χ3n) is 4.44. The highest BCUT2D eigenvalue weighted by Crippen LogP contribution is 2.45. The molecule has 1 saturated heterocycles. The molecule has 1 aliphatic carbocycles. The van der Waals surface area contributed by atoms with Crippen LogP contribution in [0.3, 0.4) is 0 Å². The molecule has 2 aromatic rings. The van der Waals surface area contributed by atoms with Gasteiger partial charge in [0, 0.05) is 37.2 Å². The zero-order valence-corrected chi connectivity index (χ0v) is 13.1. The van der Waals surface area contributed by atoms with Crippen molar-refractivity contribution >= 4 is 11.9 Å². The summed E-state index contributed by atoms with van der Waals surface area (Å²) in [6.45, 7) is 4.85. The van der Waals surface area contributed by atoms with E-state index in [2.05, 4.69) is 20.0 Å². The minimum absolute atomic E-state index is 0.349. The highest BCUT2D eigenvalue weighted by atomic mass is 16.5. The second kappa shape index (κ2) is 5.64. The van der Waals surface area contributed by atoms with E-state index in [0.717, 1.165) is 36.4 Å². The van der Waals surface area contributed by atoms with Gasteiger partial charge < -0.3 is 9.64 Å². The Morgan fingerprint density at radius 1 is 1.26 bits per heavy atom. The zero-order valence-electron chi connectivity index (χ0n) is 13.1. The molecule has 1 aliphatic heterocycles. The van der Waals surface area contributed by atoms with Crippen molar-refractivity contribution < 1.29 is 9.53 Å². The van der Waals surface area contributed by atoms with Crippen LogP contribution in [-0.2, 0) is 11.3 Å². The average Bonchev–Trinajstić information content (AvgIpc) is 2.98. The first-order chi connectivity index (χ1) is 11.2. The van der Waals surface area contributed by atoms with Gasteiger partial charge in [-0.15, -0.1) is 0 Å². The van der Waals surface area contributed by atoms with Crippen LogP contribution in [-0.4, -0.2) is 45.4 Å². The molecule has 0 radical (unpaired) electrons. The summed E-state index contributed by atoms with van der Waals surface area (Å²) >= 11 is 0. The Balaban J connectivity index is 1.40. The van der Waals surface area contributed by atoms with Gasteiger partial charge in [0.1, 0.15) is 0 Å². The number of anilines is 1. The van der Waals surface area contributed by atoms with Crippen molar-refractivity contribution in [3.8, 4) is 0 Å². The third kappa shape index (κ3) is 2.91. The van der Waals surface area contributed by atoms with Crippen molar-refractivity contribution in [2.75, 3.05) is 24.6 Å². The molecule has 2 fully saturated rings. The number of rotatable bonds is 5. The molecular weight excluding hydrogens is 294 g/mol. The van der Waals surface area contributed by atoms with Gasteiger partial charge in [0.25, 0.3) is 0 Å². The van der Waals surface area contributed by atoms with Crippen LogP contribution in [0.15, 0.2) is 24.8 Å². The van der Waals surface area contributed by atoms with E-state index < -0.39 is 0 Å². The lowest BCUT2D eigenvalue weighted by Crippen LogP contribution is -2.24. The van der Waals surface area contributed by atoms with Gasteiger partial charge in [0.2, 0.25) is 5.95 Å². The van der Waals surface area contributed by atoms with Gasteiger partial charge in [-0.1, -0.05) is 0 Å². The van der Waals surface area contributed by atoms with Gasteiger partial charge in [-0.05, 0) is 25.2 Å². The standard InChI is InChI=1S/C16H19N5O2/c1-2-23-15(22)14-6-19-21(10-14)7-11-4-17-16(18-5-11)20-8-12-3-13(12)9-20/h4-6,10,12-13H,2-3,7-9H2,1H3. The van der Waals surface area contributed by atoms with Crippen molar-refractivity contribution in [1.29, 1.82) is 0 Å². The van der Waals surface area contributed by atoms with E-state index in [0.29, 0.717) is 18.7 Å². The second-order valence-corrected chi connectivity index (χ2v) is 6.20. The molecule has 2 aliphatic rings. The number of esters is 1. The molecular formula is C16H19N5O2. The Bertz CT molecular complexity index is 702. The summed E-state index contributed by atoms with van der Waals surface area (Å²) in [5.41, 5.74) is 1.41. The molecule has 0 amide bonds. The van der Waals surface area contributed by atoms with Gasteiger partial charge in [-0.3, -0.25) is 4.68 Å². The first kappa shape index (κ1) is 14.2. The molecule has 23 heavy (non-hydrogen) atoms. The number of hydrogen-bond donors (Lipinski definition) is 0. The molecule has 3 heterocycles. The maximum Gasteiger partial charge on any atom is 0.341 e. The van der Waals surface area contributed by atoms with Crippen LogP contribution in [0.4, 0.5) is 5.95 Å². The highest BCUT2D eigenvalue weighted by molar-refractivity contribution is 5.88. The van der Waals surface area contributed by atoms with Crippen LogP contribution in [0, 0.1) is 11.8 Å². The van der Waals surface area contributed by atoms with Gasteiger partial charge >= 0.3 is 5.97 Å². The first-order valence-corrected chi connectivity index (χ1v) is 7.98. The fraction of sp³-hybridized carbons (Fsp3) is 0.500. The number of aromatic nitrogens is 4. The molecule has 2 unspecified atom stereocenters. The molecule has 0 bridgehead atoms. The molecule has 0 N–H and O–H groups in total. The minimum atomic E-state index is -0.349. The second-order valence-electron chi connectivity index (χ2n) is 6.20. The number of carbonyl (C=O) groups is 1. The predicted octanol–water partition coefficient (Wildman–Crippen LogP) is 1.35. The van der Waals surface area contributed by atoms with Crippen molar-refractivity contribution in [3.63, 3.8) is 0 Å². The third-order valence-corrected chi connectivity index (χ3v) is 4.44. The maximum atomic E-state index is 11.6. The van der Waals surface area contributed by atoms with Crippen molar-refractivity contribution in [2.24, 2.45) is 11.8 Å². The molecule has 0 spiro atoms. The minimum Gasteiger partial charge on any atom is -0.462 e. The normalized spacial score (nSPS) is 22.0. The molecule has 1 saturated carbocycles. The Morgan fingerprint density at radius 3 is 2.70 bits per heavy atom. The molecule has 0 aromatic carbocycles. The van der Waals surface area contributed by atoms with E-state index in [1.165, 1.54) is 12.6 Å². The molecule has 7 heteroatoms. The van der Waals surface area contributed by atoms with Crippen LogP contribution in [0.1, 0.15) is 29.3 Å². The Labute approximate surface area is 134 Å². The fourth-order valence-electron chi connectivity index (χ4n) is 3.11. The number of nitrogens with zero attached hydrogens (tertiary/aromatic N) is 5. The number of fused-ring (bicyclic) bond motifs is 1. The Morgan fingerprint density at radius 2 is 2.00 bits per heavy atom. The van der Waals surface area contributed by atoms with Crippen LogP contribution in [0.2, 0.25) is 0 Å². The molecule has 2 aromatic heterocycles. The quantitative estimate of drug-likeness (QED) is 0.776. The number of hydrogen-bond acceptors (Lipinski definition) is 6. The van der Waals surface area contributed by atoms with E-state index in [1.807, 2.05) is 12.4 Å². The lowest BCUT2D eigenvalue weighted by atomic mass is 10.3. The van der Waals surface area contributed by atoms with Crippen LogP contribution in [0.5, 0.6) is 0 Å². The van der Waals surface area contributed by atoms with E-state index >= 15 is 0 Å². The molecule has 4 rings (SSSR count). The summed E-state index contributed by atoms with van der Waals surface area (Å²) in [6, 6.07) is 0. The summed E-state index contributed by atoms with van der Waals surface area (Å²) in [6.07, 6.45) is 8.23. The van der Waals surface area contributed by atoms with E-state index in [4.69, 9.17) is 4.74 Å². The van der Waals surface area contributed by atoms with E-state index in [1.54, 1.807) is 17.8 Å². The monoisotopic (exact) mass is 313 g/mol. The van der Waals surface area contributed by atoms with Crippen LogP contribution in [0.25, 0.3) is 0 Å². The number of ether oxygens (including phenoxy) is 1. The van der Waals surface area contributed by atoms with Crippen LogP contribution < -0.4 is 4.90 Å². The SMILES string of the molecule is CCOC(=O)c1cnn(Cc2cnc(N3CC4CC4C3)nc2)c1. The summed E-state index contributed by atoms with van der Waals surface area (Å²) < 4.78 is 6.64. The lowest BCUT2D eigenvalue weighted by molar-refractivity contribution is 0.0526. The lowest BCUT2D eigenvalue weighted by Gasteiger charge is -2.17. The summed E-state index contributed by atoms with van der Waals surface area (Å²) in [4.78, 5) is 22.8. The molecule has 7 nitrogen and oxygen atoms in total. The summed E-state index contributed by atoms with van der Waals surface area (Å²) in [5, 5.41) is 4.18. The molecule has 120 valence electrons.